The van der Waals surface area contributed by atoms with Gasteiger partial charge in [0, 0.05) is 26.2 Å². The molecule has 4 nitrogen and oxygen atoms in total. The van der Waals surface area contributed by atoms with Crippen molar-refractivity contribution in [3.8, 4) is 0 Å². The van der Waals surface area contributed by atoms with Gasteiger partial charge in [0.05, 0.1) is 25.4 Å². The standard InChI is InChI=1S/C24H33NO3/c1-19-10-11-22(20(2)13-19)14-25(16-24-9-6-12-28-24)15-23(26)18-27-17-21-7-4-3-5-8-21/h3-5,7-8,10-11,13,23-24,26H,6,9,12,14-18H2,1-2H3/t23-,24+/m1/s1. The first kappa shape index (κ1) is 21.0. The van der Waals surface area contributed by atoms with Crippen LogP contribution in [-0.2, 0) is 22.6 Å². The van der Waals surface area contributed by atoms with Crippen molar-refractivity contribution < 1.29 is 14.6 Å². The Morgan fingerprint density at radius 1 is 1.18 bits per heavy atom. The fraction of sp³-hybridized carbons (Fsp3) is 0.500. The first-order chi connectivity index (χ1) is 13.6. The fourth-order valence-electron chi connectivity index (χ4n) is 3.78. The molecule has 0 saturated carbocycles. The second-order valence-corrected chi connectivity index (χ2v) is 7.91. The maximum Gasteiger partial charge on any atom is 0.0900 e. The van der Waals surface area contributed by atoms with Gasteiger partial charge in [-0.2, -0.15) is 0 Å². The van der Waals surface area contributed by atoms with Gasteiger partial charge in [-0.1, -0.05) is 54.1 Å². The SMILES string of the molecule is Cc1ccc(CN(C[C@@H](O)COCc2ccccc2)C[C@@H]2CCCO2)c(C)c1. The van der Waals surface area contributed by atoms with E-state index in [-0.39, 0.29) is 6.10 Å². The monoisotopic (exact) mass is 383 g/mol. The molecule has 0 bridgehead atoms. The van der Waals surface area contributed by atoms with Crippen molar-refractivity contribution in [2.45, 2.75) is 52.0 Å². The second kappa shape index (κ2) is 10.7. The molecule has 0 aromatic heterocycles. The van der Waals surface area contributed by atoms with Crippen LogP contribution < -0.4 is 0 Å². The molecule has 0 radical (unpaired) electrons. The summed E-state index contributed by atoms with van der Waals surface area (Å²) < 4.78 is 11.6. The van der Waals surface area contributed by atoms with Crippen LogP contribution in [0.2, 0.25) is 0 Å². The van der Waals surface area contributed by atoms with E-state index in [0.29, 0.717) is 19.8 Å². The molecular formula is C24H33NO3. The normalized spacial score (nSPS) is 17.9. The zero-order valence-corrected chi connectivity index (χ0v) is 17.1. The van der Waals surface area contributed by atoms with E-state index in [4.69, 9.17) is 9.47 Å². The van der Waals surface area contributed by atoms with Gasteiger partial charge >= 0.3 is 0 Å². The highest BCUT2D eigenvalue weighted by Gasteiger charge is 2.21. The summed E-state index contributed by atoms with van der Waals surface area (Å²) in [6, 6.07) is 16.7. The van der Waals surface area contributed by atoms with Gasteiger partial charge in [0.2, 0.25) is 0 Å². The Morgan fingerprint density at radius 3 is 2.71 bits per heavy atom. The molecular weight excluding hydrogens is 350 g/mol. The van der Waals surface area contributed by atoms with Crippen LogP contribution in [-0.4, -0.2) is 48.5 Å². The number of hydrogen-bond donors (Lipinski definition) is 1. The van der Waals surface area contributed by atoms with E-state index in [9.17, 15) is 5.11 Å². The predicted molar refractivity (Wildman–Crippen MR) is 112 cm³/mol. The summed E-state index contributed by atoms with van der Waals surface area (Å²) in [6.07, 6.45) is 1.98. The summed E-state index contributed by atoms with van der Waals surface area (Å²) in [5.74, 6) is 0. The van der Waals surface area contributed by atoms with Crippen LogP contribution in [0.3, 0.4) is 0 Å². The molecule has 1 N–H and O–H groups in total. The van der Waals surface area contributed by atoms with Crippen LogP contribution in [0.4, 0.5) is 0 Å². The number of aliphatic hydroxyl groups is 1. The van der Waals surface area contributed by atoms with Crippen LogP contribution in [0.5, 0.6) is 0 Å². The molecule has 1 aliphatic rings. The van der Waals surface area contributed by atoms with Gasteiger partial charge in [-0.3, -0.25) is 4.90 Å². The van der Waals surface area contributed by atoms with E-state index in [0.717, 1.165) is 38.1 Å². The summed E-state index contributed by atoms with van der Waals surface area (Å²) in [5, 5.41) is 10.6. The Kier molecular flexibility index (Phi) is 8.04. The molecule has 0 unspecified atom stereocenters. The minimum absolute atomic E-state index is 0.267. The molecule has 0 amide bonds. The van der Waals surface area contributed by atoms with Gasteiger partial charge in [0.1, 0.15) is 0 Å². The highest BCUT2D eigenvalue weighted by Crippen LogP contribution is 2.18. The average molecular weight is 384 g/mol. The maximum atomic E-state index is 10.6. The number of aliphatic hydroxyl groups excluding tert-OH is 1. The van der Waals surface area contributed by atoms with Gasteiger partial charge in [-0.05, 0) is 43.4 Å². The van der Waals surface area contributed by atoms with E-state index in [1.807, 2.05) is 30.3 Å². The molecule has 2 atom stereocenters. The second-order valence-electron chi connectivity index (χ2n) is 7.91. The minimum Gasteiger partial charge on any atom is -0.389 e. The highest BCUT2D eigenvalue weighted by molar-refractivity contribution is 5.30. The predicted octanol–water partition coefficient (Wildman–Crippen LogP) is 3.86. The van der Waals surface area contributed by atoms with E-state index >= 15 is 0 Å². The summed E-state index contributed by atoms with van der Waals surface area (Å²) in [7, 11) is 0. The summed E-state index contributed by atoms with van der Waals surface area (Å²) in [5.41, 5.74) is 5.01. The van der Waals surface area contributed by atoms with E-state index in [1.165, 1.54) is 16.7 Å². The highest BCUT2D eigenvalue weighted by atomic mass is 16.5. The number of aryl methyl sites for hydroxylation is 2. The molecule has 1 heterocycles. The lowest BCUT2D eigenvalue weighted by Gasteiger charge is -2.28. The summed E-state index contributed by atoms with van der Waals surface area (Å²) in [4.78, 5) is 2.31. The zero-order chi connectivity index (χ0) is 19.8. The Balaban J connectivity index is 1.54. The third-order valence-electron chi connectivity index (χ3n) is 5.27. The molecule has 1 aliphatic heterocycles. The number of hydrogen-bond acceptors (Lipinski definition) is 4. The Bertz CT molecular complexity index is 713. The molecule has 0 spiro atoms. The van der Waals surface area contributed by atoms with E-state index in [1.54, 1.807) is 0 Å². The zero-order valence-electron chi connectivity index (χ0n) is 17.1. The first-order valence-electron chi connectivity index (χ1n) is 10.3. The molecule has 4 heteroatoms. The Morgan fingerprint density at radius 2 is 2.00 bits per heavy atom. The Hall–Kier alpha value is -1.72. The van der Waals surface area contributed by atoms with Crippen LogP contribution in [0.25, 0.3) is 0 Å². The topological polar surface area (TPSA) is 41.9 Å². The lowest BCUT2D eigenvalue weighted by molar-refractivity contribution is -0.00291. The lowest BCUT2D eigenvalue weighted by Crippen LogP contribution is -2.39. The smallest absolute Gasteiger partial charge is 0.0900 e. The fourth-order valence-corrected chi connectivity index (χ4v) is 3.78. The molecule has 152 valence electrons. The molecule has 1 saturated heterocycles. The molecule has 3 rings (SSSR count). The Labute approximate surface area is 169 Å². The molecule has 1 fully saturated rings. The summed E-state index contributed by atoms with van der Waals surface area (Å²) >= 11 is 0. The number of rotatable bonds is 10. The molecule has 28 heavy (non-hydrogen) atoms. The van der Waals surface area contributed by atoms with Crippen LogP contribution in [0, 0.1) is 13.8 Å². The van der Waals surface area contributed by atoms with Crippen LogP contribution in [0.15, 0.2) is 48.5 Å². The first-order valence-corrected chi connectivity index (χ1v) is 10.3. The van der Waals surface area contributed by atoms with Crippen molar-refractivity contribution >= 4 is 0 Å². The lowest BCUT2D eigenvalue weighted by atomic mass is 10.0. The van der Waals surface area contributed by atoms with Gasteiger partial charge in [-0.15, -0.1) is 0 Å². The van der Waals surface area contributed by atoms with E-state index in [2.05, 4.69) is 36.9 Å². The van der Waals surface area contributed by atoms with Gasteiger partial charge in [-0.25, -0.2) is 0 Å². The van der Waals surface area contributed by atoms with Crippen molar-refractivity contribution in [2.24, 2.45) is 0 Å². The van der Waals surface area contributed by atoms with Crippen molar-refractivity contribution in [1.82, 2.24) is 4.90 Å². The van der Waals surface area contributed by atoms with Crippen molar-refractivity contribution in [3.63, 3.8) is 0 Å². The third-order valence-corrected chi connectivity index (χ3v) is 5.27. The third kappa shape index (κ3) is 6.71. The average Bonchev–Trinajstić information content (AvgIpc) is 3.18. The van der Waals surface area contributed by atoms with Gasteiger partial charge in [0.15, 0.2) is 0 Å². The van der Waals surface area contributed by atoms with E-state index < -0.39 is 6.10 Å². The number of benzene rings is 2. The van der Waals surface area contributed by atoms with Crippen molar-refractivity contribution in [3.05, 3.63) is 70.8 Å². The largest absolute Gasteiger partial charge is 0.389 e. The van der Waals surface area contributed by atoms with Crippen LogP contribution >= 0.6 is 0 Å². The quantitative estimate of drug-likeness (QED) is 0.676. The van der Waals surface area contributed by atoms with Crippen molar-refractivity contribution in [2.75, 3.05) is 26.3 Å². The van der Waals surface area contributed by atoms with Gasteiger partial charge < -0.3 is 14.6 Å². The molecule has 0 aliphatic carbocycles. The molecule has 2 aromatic carbocycles. The van der Waals surface area contributed by atoms with Crippen molar-refractivity contribution in [1.29, 1.82) is 0 Å². The molecule has 2 aromatic rings. The van der Waals surface area contributed by atoms with Gasteiger partial charge in [0.25, 0.3) is 0 Å². The number of nitrogens with zero attached hydrogens (tertiary/aromatic N) is 1. The summed E-state index contributed by atoms with van der Waals surface area (Å²) in [6.45, 7) is 8.25. The maximum absolute atomic E-state index is 10.6. The minimum atomic E-state index is -0.518. The number of ether oxygens (including phenoxy) is 2. The van der Waals surface area contributed by atoms with Crippen LogP contribution in [0.1, 0.15) is 35.1 Å².